The van der Waals surface area contributed by atoms with E-state index in [0.29, 0.717) is 17.8 Å². The zero-order valence-corrected chi connectivity index (χ0v) is 12.2. The van der Waals surface area contributed by atoms with Crippen LogP contribution in [-0.2, 0) is 13.0 Å². The molecule has 1 saturated heterocycles. The minimum Gasteiger partial charge on any atom is -0.332 e. The number of aromatic nitrogens is 2. The summed E-state index contributed by atoms with van der Waals surface area (Å²) in [4.78, 5) is 14.6. The van der Waals surface area contributed by atoms with Crippen LogP contribution in [0.15, 0.2) is 0 Å². The van der Waals surface area contributed by atoms with Crippen molar-refractivity contribution in [3.8, 4) is 0 Å². The SMILES string of the molecule is CC1CCC(C)N1C(=O)c1n[nH]c2c1CNCC2.Cl. The summed E-state index contributed by atoms with van der Waals surface area (Å²) < 4.78 is 0. The molecule has 2 atom stereocenters. The van der Waals surface area contributed by atoms with Crippen molar-refractivity contribution in [1.29, 1.82) is 0 Å². The highest BCUT2D eigenvalue weighted by atomic mass is 35.5. The number of carbonyl (C=O) groups is 1. The lowest BCUT2D eigenvalue weighted by Gasteiger charge is -2.26. The van der Waals surface area contributed by atoms with Crippen molar-refractivity contribution < 1.29 is 4.79 Å². The van der Waals surface area contributed by atoms with E-state index in [1.54, 1.807) is 0 Å². The zero-order valence-electron chi connectivity index (χ0n) is 11.4. The number of likely N-dealkylation sites (tertiary alicyclic amines) is 1. The number of hydrogen-bond donors (Lipinski definition) is 2. The van der Waals surface area contributed by atoms with E-state index in [9.17, 15) is 4.79 Å². The first-order chi connectivity index (χ1) is 8.68. The first-order valence-corrected chi connectivity index (χ1v) is 6.78. The predicted octanol–water partition coefficient (Wildman–Crippen LogP) is 1.49. The van der Waals surface area contributed by atoms with Crippen LogP contribution in [0, 0.1) is 0 Å². The van der Waals surface area contributed by atoms with E-state index in [0.717, 1.165) is 43.6 Å². The maximum Gasteiger partial charge on any atom is 0.275 e. The zero-order chi connectivity index (χ0) is 12.7. The Bertz CT molecular complexity index is 463. The van der Waals surface area contributed by atoms with Crippen LogP contribution in [0.25, 0.3) is 0 Å². The number of nitrogens with zero attached hydrogens (tertiary/aromatic N) is 2. The topological polar surface area (TPSA) is 61.0 Å². The van der Waals surface area contributed by atoms with Crippen molar-refractivity contribution in [2.45, 2.75) is 51.7 Å². The molecule has 1 fully saturated rings. The average molecular weight is 285 g/mol. The molecule has 19 heavy (non-hydrogen) atoms. The molecule has 3 heterocycles. The van der Waals surface area contributed by atoms with Gasteiger partial charge in [0, 0.05) is 42.9 Å². The van der Waals surface area contributed by atoms with Crippen molar-refractivity contribution in [2.24, 2.45) is 0 Å². The van der Waals surface area contributed by atoms with Crippen molar-refractivity contribution in [2.75, 3.05) is 6.54 Å². The average Bonchev–Trinajstić information content (AvgIpc) is 2.93. The summed E-state index contributed by atoms with van der Waals surface area (Å²) in [5.74, 6) is 0.0914. The second-order valence-corrected chi connectivity index (χ2v) is 5.44. The molecule has 0 radical (unpaired) electrons. The van der Waals surface area contributed by atoms with Gasteiger partial charge in [-0.15, -0.1) is 12.4 Å². The maximum absolute atomic E-state index is 12.6. The van der Waals surface area contributed by atoms with Crippen molar-refractivity contribution in [3.05, 3.63) is 17.0 Å². The Labute approximate surface area is 119 Å². The van der Waals surface area contributed by atoms with Crippen LogP contribution in [0.3, 0.4) is 0 Å². The summed E-state index contributed by atoms with van der Waals surface area (Å²) in [6.45, 7) is 5.96. The highest BCUT2D eigenvalue weighted by Crippen LogP contribution is 2.27. The first kappa shape index (κ1) is 14.3. The fourth-order valence-electron chi connectivity index (χ4n) is 3.12. The lowest BCUT2D eigenvalue weighted by molar-refractivity contribution is 0.0685. The van der Waals surface area contributed by atoms with Crippen molar-refractivity contribution in [1.82, 2.24) is 20.4 Å². The van der Waals surface area contributed by atoms with Gasteiger partial charge >= 0.3 is 0 Å². The van der Waals surface area contributed by atoms with Crippen molar-refractivity contribution in [3.63, 3.8) is 0 Å². The largest absolute Gasteiger partial charge is 0.332 e. The normalized spacial score (nSPS) is 25.9. The van der Waals surface area contributed by atoms with Gasteiger partial charge in [0.05, 0.1) is 0 Å². The summed E-state index contributed by atoms with van der Waals surface area (Å²) in [6.07, 6.45) is 3.12. The van der Waals surface area contributed by atoms with E-state index in [4.69, 9.17) is 0 Å². The minimum atomic E-state index is 0. The van der Waals surface area contributed by atoms with E-state index in [2.05, 4.69) is 29.4 Å². The molecule has 2 N–H and O–H groups in total. The molecule has 1 aromatic heterocycles. The Hall–Kier alpha value is -1.07. The summed E-state index contributed by atoms with van der Waals surface area (Å²) >= 11 is 0. The number of rotatable bonds is 1. The molecule has 6 heteroatoms. The Morgan fingerprint density at radius 1 is 1.32 bits per heavy atom. The van der Waals surface area contributed by atoms with E-state index in [1.807, 2.05) is 4.90 Å². The summed E-state index contributed by atoms with van der Waals surface area (Å²) in [5.41, 5.74) is 2.81. The molecule has 0 spiro atoms. The Balaban J connectivity index is 0.00000133. The third-order valence-electron chi connectivity index (χ3n) is 4.20. The molecule has 106 valence electrons. The molecule has 0 aromatic carbocycles. The number of nitrogens with one attached hydrogen (secondary N) is 2. The molecule has 2 aliphatic heterocycles. The van der Waals surface area contributed by atoms with Gasteiger partial charge in [0.15, 0.2) is 5.69 Å². The smallest absolute Gasteiger partial charge is 0.275 e. The van der Waals surface area contributed by atoms with E-state index in [-0.39, 0.29) is 18.3 Å². The van der Waals surface area contributed by atoms with Crippen LogP contribution in [0.4, 0.5) is 0 Å². The third kappa shape index (κ3) is 2.37. The molecule has 3 rings (SSSR count). The molecule has 2 unspecified atom stereocenters. The van der Waals surface area contributed by atoms with Gasteiger partial charge in [-0.2, -0.15) is 5.10 Å². The molecule has 0 aliphatic carbocycles. The van der Waals surface area contributed by atoms with Crippen LogP contribution < -0.4 is 5.32 Å². The number of halogens is 1. The fourth-order valence-corrected chi connectivity index (χ4v) is 3.12. The van der Waals surface area contributed by atoms with Gasteiger partial charge in [-0.1, -0.05) is 0 Å². The van der Waals surface area contributed by atoms with Crippen LogP contribution in [0.1, 0.15) is 48.4 Å². The molecule has 1 amide bonds. The van der Waals surface area contributed by atoms with Crippen LogP contribution >= 0.6 is 12.4 Å². The van der Waals surface area contributed by atoms with Crippen LogP contribution in [0.5, 0.6) is 0 Å². The Morgan fingerprint density at radius 3 is 2.68 bits per heavy atom. The number of carbonyl (C=O) groups excluding carboxylic acids is 1. The fraction of sp³-hybridized carbons (Fsp3) is 0.692. The van der Waals surface area contributed by atoms with Gasteiger partial charge in [-0.3, -0.25) is 9.89 Å². The minimum absolute atomic E-state index is 0. The number of aromatic amines is 1. The number of fused-ring (bicyclic) bond motifs is 1. The second-order valence-electron chi connectivity index (χ2n) is 5.44. The highest BCUT2D eigenvalue weighted by molar-refractivity contribution is 5.94. The van der Waals surface area contributed by atoms with Crippen molar-refractivity contribution >= 4 is 18.3 Å². The monoisotopic (exact) mass is 284 g/mol. The van der Waals surface area contributed by atoms with Gasteiger partial charge in [-0.25, -0.2) is 0 Å². The van der Waals surface area contributed by atoms with E-state index < -0.39 is 0 Å². The molecular weight excluding hydrogens is 264 g/mol. The maximum atomic E-state index is 12.6. The second kappa shape index (κ2) is 5.51. The standard InChI is InChI=1S/C13H20N4O.ClH/c1-8-3-4-9(2)17(8)13(18)12-10-7-14-6-5-11(10)15-16-12;/h8-9,14H,3-7H2,1-2H3,(H,15,16);1H. The third-order valence-corrected chi connectivity index (χ3v) is 4.20. The first-order valence-electron chi connectivity index (χ1n) is 6.78. The molecule has 2 aliphatic rings. The van der Waals surface area contributed by atoms with E-state index in [1.165, 1.54) is 0 Å². The van der Waals surface area contributed by atoms with Gasteiger partial charge in [0.25, 0.3) is 5.91 Å². The highest BCUT2D eigenvalue weighted by Gasteiger charge is 2.34. The lowest BCUT2D eigenvalue weighted by Crippen LogP contribution is -2.39. The van der Waals surface area contributed by atoms with E-state index >= 15 is 0 Å². The molecule has 1 aromatic rings. The quantitative estimate of drug-likeness (QED) is 0.821. The Kier molecular flexibility index (Phi) is 4.16. The van der Waals surface area contributed by atoms with Gasteiger partial charge in [-0.05, 0) is 26.7 Å². The lowest BCUT2D eigenvalue weighted by atomic mass is 10.1. The number of H-pyrrole nitrogens is 1. The number of hydrogen-bond acceptors (Lipinski definition) is 3. The number of amides is 1. The molecule has 0 bridgehead atoms. The summed E-state index contributed by atoms with van der Waals surface area (Å²) in [7, 11) is 0. The van der Waals surface area contributed by atoms with Gasteiger partial charge in [0.1, 0.15) is 0 Å². The van der Waals surface area contributed by atoms with Gasteiger partial charge < -0.3 is 10.2 Å². The summed E-state index contributed by atoms with van der Waals surface area (Å²) in [5, 5.41) is 10.6. The van der Waals surface area contributed by atoms with Crippen LogP contribution in [-0.4, -0.2) is 39.6 Å². The van der Waals surface area contributed by atoms with Crippen LogP contribution in [0.2, 0.25) is 0 Å². The molecule has 5 nitrogen and oxygen atoms in total. The Morgan fingerprint density at radius 2 is 2.00 bits per heavy atom. The van der Waals surface area contributed by atoms with Gasteiger partial charge in [0.2, 0.25) is 0 Å². The molecular formula is C13H21ClN4O. The molecule has 0 saturated carbocycles. The predicted molar refractivity (Wildman–Crippen MR) is 75.6 cm³/mol. The summed E-state index contributed by atoms with van der Waals surface area (Å²) in [6, 6.07) is 0.660.